The zero-order valence-corrected chi connectivity index (χ0v) is 21.4. The maximum absolute atomic E-state index is 13.3. The van der Waals surface area contributed by atoms with E-state index in [1.165, 1.54) is 12.8 Å². The lowest BCUT2D eigenvalue weighted by molar-refractivity contribution is 0.0962. The van der Waals surface area contributed by atoms with E-state index >= 15 is 0 Å². The molecular formula is C25H33BrN4O3. The van der Waals surface area contributed by atoms with Crippen molar-refractivity contribution in [3.8, 4) is 5.75 Å². The van der Waals surface area contributed by atoms with Gasteiger partial charge in [-0.2, -0.15) is 0 Å². The number of aliphatic hydroxyl groups excluding tert-OH is 1. The van der Waals surface area contributed by atoms with E-state index in [0.717, 1.165) is 16.8 Å². The molecule has 4 rings (SSSR count). The minimum Gasteiger partial charge on any atom is -0.494 e. The van der Waals surface area contributed by atoms with Gasteiger partial charge in [-0.1, -0.05) is 26.8 Å². The molecule has 0 saturated heterocycles. The van der Waals surface area contributed by atoms with Crippen molar-refractivity contribution in [2.24, 2.45) is 0 Å². The Morgan fingerprint density at radius 3 is 2.64 bits per heavy atom. The van der Waals surface area contributed by atoms with Crippen LogP contribution >= 0.6 is 17.0 Å². The van der Waals surface area contributed by atoms with Gasteiger partial charge in [-0.3, -0.25) is 10.2 Å². The van der Waals surface area contributed by atoms with Gasteiger partial charge < -0.3 is 20.1 Å². The van der Waals surface area contributed by atoms with Crippen molar-refractivity contribution >= 4 is 34.3 Å². The summed E-state index contributed by atoms with van der Waals surface area (Å²) in [6.07, 6.45) is 2.34. The van der Waals surface area contributed by atoms with Crippen LogP contribution in [0.4, 0.5) is 5.69 Å². The number of Topliss-reactive ketones (excluding diaryl/α,β-unsaturated/α-hetero) is 1. The SMILES string of the molecule is Br.COc1c(NCCO)cc(C(=O)CN2Cc3ccc(C4CC4)nc3C2=N)cc1C(C)(C)C. The van der Waals surface area contributed by atoms with Gasteiger partial charge in [0.15, 0.2) is 5.78 Å². The van der Waals surface area contributed by atoms with Gasteiger partial charge in [-0.05, 0) is 36.5 Å². The molecule has 0 radical (unpaired) electrons. The highest BCUT2D eigenvalue weighted by molar-refractivity contribution is 8.93. The molecule has 0 spiro atoms. The van der Waals surface area contributed by atoms with Crippen LogP contribution in [0.3, 0.4) is 0 Å². The highest BCUT2D eigenvalue weighted by atomic mass is 79.9. The van der Waals surface area contributed by atoms with Crippen molar-refractivity contribution in [3.05, 3.63) is 52.3 Å². The van der Waals surface area contributed by atoms with Gasteiger partial charge in [0.25, 0.3) is 0 Å². The number of nitrogens with one attached hydrogen (secondary N) is 2. The van der Waals surface area contributed by atoms with Crippen LogP contribution in [0.15, 0.2) is 24.3 Å². The van der Waals surface area contributed by atoms with Crippen LogP contribution < -0.4 is 10.1 Å². The molecule has 0 unspecified atom stereocenters. The highest BCUT2D eigenvalue weighted by Gasteiger charge is 2.32. The number of carbonyl (C=O) groups excluding carboxylic acids is 1. The van der Waals surface area contributed by atoms with Gasteiger partial charge in [-0.25, -0.2) is 4.98 Å². The number of rotatable bonds is 8. The van der Waals surface area contributed by atoms with Gasteiger partial charge in [0.2, 0.25) is 0 Å². The number of nitrogens with zero attached hydrogens (tertiary/aromatic N) is 2. The molecule has 1 aromatic heterocycles. The summed E-state index contributed by atoms with van der Waals surface area (Å²) in [5.41, 5.74) is 4.70. The van der Waals surface area contributed by atoms with Crippen LogP contribution in [0.25, 0.3) is 0 Å². The van der Waals surface area contributed by atoms with Crippen LogP contribution in [-0.4, -0.2) is 53.4 Å². The Kier molecular flexibility index (Phi) is 7.49. The molecule has 0 bridgehead atoms. The molecule has 1 aliphatic carbocycles. The maximum atomic E-state index is 13.3. The second kappa shape index (κ2) is 9.81. The molecule has 33 heavy (non-hydrogen) atoms. The van der Waals surface area contributed by atoms with E-state index in [2.05, 4.69) is 38.2 Å². The van der Waals surface area contributed by atoms with Crippen molar-refractivity contribution in [2.75, 3.05) is 32.1 Å². The first kappa shape index (κ1) is 25.2. The van der Waals surface area contributed by atoms with Crippen molar-refractivity contribution in [1.82, 2.24) is 9.88 Å². The minimum absolute atomic E-state index is 0. The molecular weight excluding hydrogens is 484 g/mol. The second-order valence-electron chi connectivity index (χ2n) is 9.65. The van der Waals surface area contributed by atoms with E-state index in [4.69, 9.17) is 15.1 Å². The first-order chi connectivity index (χ1) is 15.2. The Labute approximate surface area is 205 Å². The standard InChI is InChI=1S/C25H32N4O3.BrH/c1-25(2,3)18-11-17(12-20(23(18)32-4)27-9-10-30)21(31)14-29-13-16-7-8-19(15-5-6-15)28-22(16)24(29)26;/h7-8,11-12,15,26-27,30H,5-6,9-10,13-14H2,1-4H3;1H. The lowest BCUT2D eigenvalue weighted by Gasteiger charge is -2.26. The molecule has 178 valence electrons. The summed E-state index contributed by atoms with van der Waals surface area (Å²) < 4.78 is 5.65. The summed E-state index contributed by atoms with van der Waals surface area (Å²) >= 11 is 0. The number of pyridine rings is 1. The maximum Gasteiger partial charge on any atom is 0.182 e. The number of amidine groups is 1. The number of aromatic nitrogens is 1. The van der Waals surface area contributed by atoms with E-state index < -0.39 is 0 Å². The minimum atomic E-state index is -0.239. The lowest BCUT2D eigenvalue weighted by Crippen LogP contribution is -2.31. The van der Waals surface area contributed by atoms with E-state index in [0.29, 0.717) is 47.5 Å². The molecule has 7 nitrogen and oxygen atoms in total. The highest BCUT2D eigenvalue weighted by Crippen LogP contribution is 2.40. The smallest absolute Gasteiger partial charge is 0.182 e. The number of hydrogen-bond donors (Lipinski definition) is 3. The molecule has 1 saturated carbocycles. The average molecular weight is 517 g/mol. The number of benzene rings is 1. The number of anilines is 1. The zero-order chi connectivity index (χ0) is 23.0. The monoisotopic (exact) mass is 516 g/mol. The Bertz CT molecular complexity index is 1060. The number of hydrogen-bond acceptors (Lipinski definition) is 6. The number of methoxy groups -OCH3 is 1. The van der Waals surface area contributed by atoms with E-state index in [1.54, 1.807) is 18.1 Å². The van der Waals surface area contributed by atoms with Crippen LogP contribution in [0.5, 0.6) is 5.75 Å². The Balaban J connectivity index is 0.00000306. The third kappa shape index (κ3) is 5.22. The third-order valence-corrected chi connectivity index (χ3v) is 6.08. The number of carbonyl (C=O) groups is 1. The predicted molar refractivity (Wildman–Crippen MR) is 135 cm³/mol. The summed E-state index contributed by atoms with van der Waals surface area (Å²) in [4.78, 5) is 19.8. The summed E-state index contributed by atoms with van der Waals surface area (Å²) in [5, 5.41) is 21.0. The van der Waals surface area contributed by atoms with Crippen LogP contribution in [0, 0.1) is 5.41 Å². The molecule has 2 heterocycles. The molecule has 2 aliphatic rings. The van der Waals surface area contributed by atoms with E-state index in [9.17, 15) is 9.90 Å². The summed E-state index contributed by atoms with van der Waals surface area (Å²) in [5.74, 6) is 1.47. The fraction of sp³-hybridized carbons (Fsp3) is 0.480. The number of ether oxygens (including phenoxy) is 1. The Morgan fingerprint density at radius 2 is 2.03 bits per heavy atom. The van der Waals surface area contributed by atoms with Gasteiger partial charge in [-0.15, -0.1) is 17.0 Å². The van der Waals surface area contributed by atoms with Crippen LogP contribution in [0.1, 0.15) is 72.4 Å². The van der Waals surface area contributed by atoms with Gasteiger partial charge in [0, 0.05) is 41.4 Å². The molecule has 1 fully saturated rings. The van der Waals surface area contributed by atoms with E-state index in [1.807, 2.05) is 6.07 Å². The number of fused-ring (bicyclic) bond motifs is 1. The number of ketones is 1. The van der Waals surface area contributed by atoms with Crippen molar-refractivity contribution < 1.29 is 14.6 Å². The summed E-state index contributed by atoms with van der Waals surface area (Å²) in [7, 11) is 1.61. The Morgan fingerprint density at radius 1 is 1.30 bits per heavy atom. The van der Waals surface area contributed by atoms with E-state index in [-0.39, 0.29) is 41.3 Å². The molecule has 2 aromatic rings. The summed E-state index contributed by atoms with van der Waals surface area (Å²) in [6.45, 7) is 7.20. The van der Waals surface area contributed by atoms with Crippen LogP contribution in [-0.2, 0) is 12.0 Å². The number of aliphatic hydroxyl groups is 1. The Hall–Kier alpha value is -2.45. The van der Waals surface area contributed by atoms with Crippen LogP contribution in [0.2, 0.25) is 0 Å². The van der Waals surface area contributed by atoms with Crippen molar-refractivity contribution in [3.63, 3.8) is 0 Å². The fourth-order valence-corrected chi connectivity index (χ4v) is 4.16. The normalized spacial score (nSPS) is 15.2. The molecule has 8 heteroatoms. The van der Waals surface area contributed by atoms with Gasteiger partial charge >= 0.3 is 0 Å². The molecule has 1 aliphatic heterocycles. The number of halogens is 1. The average Bonchev–Trinajstić information content (AvgIpc) is 3.56. The predicted octanol–water partition coefficient (Wildman–Crippen LogP) is 4.27. The first-order valence-corrected chi connectivity index (χ1v) is 11.2. The molecule has 0 amide bonds. The third-order valence-electron chi connectivity index (χ3n) is 6.08. The lowest BCUT2D eigenvalue weighted by atomic mass is 9.84. The van der Waals surface area contributed by atoms with Crippen molar-refractivity contribution in [1.29, 1.82) is 5.41 Å². The quantitative estimate of drug-likeness (QED) is 0.453. The molecule has 1 aromatic carbocycles. The fourth-order valence-electron chi connectivity index (χ4n) is 4.16. The van der Waals surface area contributed by atoms with Gasteiger partial charge in [0.05, 0.1) is 25.9 Å². The largest absolute Gasteiger partial charge is 0.494 e. The van der Waals surface area contributed by atoms with Crippen molar-refractivity contribution in [2.45, 2.75) is 51.5 Å². The molecule has 3 N–H and O–H groups in total. The first-order valence-electron chi connectivity index (χ1n) is 11.2. The van der Waals surface area contributed by atoms with Gasteiger partial charge in [0.1, 0.15) is 17.3 Å². The summed E-state index contributed by atoms with van der Waals surface area (Å²) in [6, 6.07) is 7.79. The second-order valence-corrected chi connectivity index (χ2v) is 9.65. The topological polar surface area (TPSA) is 98.5 Å². The molecule has 0 atom stereocenters. The zero-order valence-electron chi connectivity index (χ0n) is 19.7.